The molecular formula is C58H42. The molecule has 11 rings (SSSR count). The Morgan fingerprint density at radius 3 is 1.31 bits per heavy atom. The zero-order valence-corrected chi connectivity index (χ0v) is 32.4. The molecule has 0 aliphatic heterocycles. The van der Waals surface area contributed by atoms with E-state index in [1.807, 2.05) is 0 Å². The molecule has 0 aromatic heterocycles. The van der Waals surface area contributed by atoms with E-state index in [4.69, 9.17) is 0 Å². The SMILES string of the molecule is c1ccc(-c2ccc([C@@H](Cc3ccc4c(c3)C3(c5ccccc5-c5ccccc53)c3ccccc3-4)Cc3ccc(-c4ccccc4)cc3-c3ccccc3)cc2)cc1. The molecule has 58 heavy (non-hydrogen) atoms. The Kier molecular flexibility index (Phi) is 8.37. The predicted molar refractivity (Wildman–Crippen MR) is 242 cm³/mol. The quantitative estimate of drug-likeness (QED) is 0.146. The third-order valence-corrected chi connectivity index (χ3v) is 12.8. The average molecular weight is 739 g/mol. The van der Waals surface area contributed by atoms with Gasteiger partial charge in [-0.3, -0.25) is 0 Å². The highest BCUT2D eigenvalue weighted by molar-refractivity contribution is 5.95. The van der Waals surface area contributed by atoms with Crippen LogP contribution in [0.25, 0.3) is 55.6 Å². The third-order valence-electron chi connectivity index (χ3n) is 12.8. The first-order valence-corrected chi connectivity index (χ1v) is 20.6. The second-order valence-corrected chi connectivity index (χ2v) is 16.0. The second-order valence-electron chi connectivity index (χ2n) is 16.0. The van der Waals surface area contributed by atoms with Gasteiger partial charge in [0.1, 0.15) is 0 Å². The Morgan fingerprint density at radius 1 is 0.293 bits per heavy atom. The maximum atomic E-state index is 2.57. The molecule has 0 N–H and O–H groups in total. The van der Waals surface area contributed by atoms with Crippen molar-refractivity contribution in [3.05, 3.63) is 263 Å². The van der Waals surface area contributed by atoms with Crippen molar-refractivity contribution in [1.29, 1.82) is 0 Å². The number of fused-ring (bicyclic) bond motifs is 10. The first kappa shape index (κ1) is 34.2. The van der Waals surface area contributed by atoms with E-state index < -0.39 is 0 Å². The van der Waals surface area contributed by atoms with E-state index >= 15 is 0 Å². The molecule has 1 spiro atoms. The van der Waals surface area contributed by atoms with Gasteiger partial charge in [-0.1, -0.05) is 218 Å². The molecule has 0 nitrogen and oxygen atoms in total. The van der Waals surface area contributed by atoms with Gasteiger partial charge in [0.25, 0.3) is 0 Å². The van der Waals surface area contributed by atoms with Gasteiger partial charge >= 0.3 is 0 Å². The number of benzene rings is 9. The lowest BCUT2D eigenvalue weighted by Crippen LogP contribution is -2.26. The van der Waals surface area contributed by atoms with Gasteiger partial charge in [0.15, 0.2) is 0 Å². The molecule has 1 atom stereocenters. The Morgan fingerprint density at radius 2 is 0.741 bits per heavy atom. The molecule has 9 aromatic carbocycles. The molecular weight excluding hydrogens is 697 g/mol. The summed E-state index contributed by atoms with van der Waals surface area (Å²) in [5.74, 6) is 0.246. The molecule has 9 aromatic rings. The lowest BCUT2D eigenvalue weighted by atomic mass is 9.70. The predicted octanol–water partition coefficient (Wildman–Crippen LogP) is 14.6. The molecule has 0 heteroatoms. The van der Waals surface area contributed by atoms with Crippen molar-refractivity contribution < 1.29 is 0 Å². The number of rotatable bonds is 8. The highest BCUT2D eigenvalue weighted by Gasteiger charge is 2.51. The maximum Gasteiger partial charge on any atom is 0.0725 e. The van der Waals surface area contributed by atoms with Crippen LogP contribution in [0, 0.1) is 0 Å². The van der Waals surface area contributed by atoms with E-state index in [-0.39, 0.29) is 11.3 Å². The summed E-state index contributed by atoms with van der Waals surface area (Å²) in [6.45, 7) is 0. The van der Waals surface area contributed by atoms with Crippen LogP contribution in [-0.4, -0.2) is 0 Å². The second kappa shape index (κ2) is 14.2. The minimum Gasteiger partial charge on any atom is -0.0622 e. The fraction of sp³-hybridized carbons (Fsp3) is 0.0690. The Hall–Kier alpha value is -7.02. The minimum atomic E-state index is -0.351. The zero-order valence-electron chi connectivity index (χ0n) is 32.4. The van der Waals surface area contributed by atoms with Crippen LogP contribution in [0.2, 0.25) is 0 Å². The van der Waals surface area contributed by atoms with E-state index in [0.29, 0.717) is 0 Å². The van der Waals surface area contributed by atoms with Gasteiger partial charge in [-0.25, -0.2) is 0 Å². The summed E-state index contributed by atoms with van der Waals surface area (Å²) < 4.78 is 0. The minimum absolute atomic E-state index is 0.246. The van der Waals surface area contributed by atoms with Crippen molar-refractivity contribution in [2.75, 3.05) is 0 Å². The highest BCUT2D eigenvalue weighted by Crippen LogP contribution is 2.62. The van der Waals surface area contributed by atoms with E-state index in [1.54, 1.807) is 0 Å². The molecule has 0 unspecified atom stereocenters. The van der Waals surface area contributed by atoms with Crippen LogP contribution in [0.4, 0.5) is 0 Å². The van der Waals surface area contributed by atoms with Crippen LogP contribution in [0.1, 0.15) is 44.9 Å². The van der Waals surface area contributed by atoms with Gasteiger partial charge in [0.2, 0.25) is 0 Å². The molecule has 0 saturated heterocycles. The molecule has 0 amide bonds. The van der Waals surface area contributed by atoms with Crippen LogP contribution in [0.5, 0.6) is 0 Å². The van der Waals surface area contributed by atoms with Gasteiger partial charge in [0.05, 0.1) is 5.41 Å². The molecule has 2 aliphatic carbocycles. The first-order chi connectivity index (χ1) is 28.8. The molecule has 2 aliphatic rings. The van der Waals surface area contributed by atoms with Crippen molar-refractivity contribution in [3.8, 4) is 55.6 Å². The smallest absolute Gasteiger partial charge is 0.0622 e. The molecule has 0 radical (unpaired) electrons. The van der Waals surface area contributed by atoms with Crippen molar-refractivity contribution >= 4 is 0 Å². The van der Waals surface area contributed by atoms with Crippen LogP contribution in [0.3, 0.4) is 0 Å². The lowest BCUT2D eigenvalue weighted by molar-refractivity contribution is 0.679. The standard InChI is InChI=1S/C58H42/c1-4-16-41(17-5-1)43-29-31-44(32-30-43)48(38-47-34-33-46(42-18-6-2-7-19-42)39-53(47)45-20-8-3-9-21-45)36-40-28-35-52-51-24-12-15-27-56(51)58(57(52)37-40)54-25-13-10-22-49(54)50-23-11-14-26-55(50)58/h1-35,37,39,48H,36,38H2/t48-/m0/s1. The fourth-order valence-electron chi connectivity index (χ4n) is 10.2. The van der Waals surface area contributed by atoms with Gasteiger partial charge in [-0.15, -0.1) is 0 Å². The molecule has 0 heterocycles. The van der Waals surface area contributed by atoms with Crippen LogP contribution in [-0.2, 0) is 18.3 Å². The maximum absolute atomic E-state index is 2.57. The number of hydrogen-bond acceptors (Lipinski definition) is 0. The summed E-state index contributed by atoms with van der Waals surface area (Å²) in [7, 11) is 0. The summed E-state index contributed by atoms with van der Waals surface area (Å²) in [5, 5.41) is 0. The summed E-state index contributed by atoms with van der Waals surface area (Å²) in [6.07, 6.45) is 1.83. The van der Waals surface area contributed by atoms with Crippen molar-refractivity contribution in [1.82, 2.24) is 0 Å². The van der Waals surface area contributed by atoms with Crippen molar-refractivity contribution in [3.63, 3.8) is 0 Å². The molecule has 0 bridgehead atoms. The molecule has 0 saturated carbocycles. The van der Waals surface area contributed by atoms with Crippen molar-refractivity contribution in [2.45, 2.75) is 24.2 Å². The van der Waals surface area contributed by atoms with Crippen LogP contribution < -0.4 is 0 Å². The lowest BCUT2D eigenvalue weighted by Gasteiger charge is -2.31. The van der Waals surface area contributed by atoms with E-state index in [2.05, 4.69) is 224 Å². The largest absolute Gasteiger partial charge is 0.0725 e. The Labute approximate surface area is 341 Å². The molecule has 274 valence electrons. The Bertz CT molecular complexity index is 2860. The summed E-state index contributed by atoms with van der Waals surface area (Å²) >= 11 is 0. The van der Waals surface area contributed by atoms with Gasteiger partial charge in [0, 0.05) is 0 Å². The third kappa shape index (κ3) is 5.59. The first-order valence-electron chi connectivity index (χ1n) is 20.6. The summed E-state index contributed by atoms with van der Waals surface area (Å²) in [6, 6.07) is 83.6. The highest BCUT2D eigenvalue weighted by atomic mass is 14.5. The van der Waals surface area contributed by atoms with E-state index in [0.717, 1.165) is 12.8 Å². The summed E-state index contributed by atoms with van der Waals surface area (Å²) in [4.78, 5) is 0. The zero-order chi connectivity index (χ0) is 38.5. The van der Waals surface area contributed by atoms with Crippen molar-refractivity contribution in [2.24, 2.45) is 0 Å². The molecule has 0 fully saturated rings. The number of hydrogen-bond donors (Lipinski definition) is 0. The average Bonchev–Trinajstić information content (AvgIpc) is 3.77. The fourth-order valence-corrected chi connectivity index (χ4v) is 10.2. The van der Waals surface area contributed by atoms with Gasteiger partial charge in [-0.05, 0) is 119 Å². The normalized spacial score (nSPS) is 13.4. The van der Waals surface area contributed by atoms with Gasteiger partial charge in [-0.2, -0.15) is 0 Å². The summed E-state index contributed by atoms with van der Waals surface area (Å²) in [5.41, 5.74) is 22.2. The van der Waals surface area contributed by atoms with Crippen LogP contribution >= 0.6 is 0 Å². The van der Waals surface area contributed by atoms with E-state index in [1.165, 1.54) is 94.6 Å². The topological polar surface area (TPSA) is 0 Å². The monoisotopic (exact) mass is 738 g/mol. The van der Waals surface area contributed by atoms with Crippen LogP contribution in [0.15, 0.2) is 224 Å². The van der Waals surface area contributed by atoms with Gasteiger partial charge < -0.3 is 0 Å². The Balaban J connectivity index is 1.05. The van der Waals surface area contributed by atoms with E-state index in [9.17, 15) is 0 Å².